The van der Waals surface area contributed by atoms with Gasteiger partial charge in [-0.1, -0.05) is 42.5 Å². The Balaban J connectivity index is 1.37. The molecule has 0 amide bonds. The fourth-order valence-corrected chi connectivity index (χ4v) is 4.46. The summed E-state index contributed by atoms with van der Waals surface area (Å²) in [4.78, 5) is 3.66. The topological polar surface area (TPSA) is 46.3 Å². The van der Waals surface area contributed by atoms with E-state index in [4.69, 9.17) is 9.47 Å². The summed E-state index contributed by atoms with van der Waals surface area (Å²) in [6.07, 6.45) is 1.91. The fourth-order valence-electron chi connectivity index (χ4n) is 4.46. The maximum atomic E-state index is 6.08. The van der Waals surface area contributed by atoms with E-state index in [1.165, 1.54) is 27.8 Å². The molecule has 1 atom stereocenters. The predicted octanol–water partition coefficient (Wildman–Crippen LogP) is 5.42. The third-order valence-corrected chi connectivity index (χ3v) is 5.93. The van der Waals surface area contributed by atoms with Gasteiger partial charge in [-0.2, -0.15) is 0 Å². The molecule has 31 heavy (non-hydrogen) atoms. The van der Waals surface area contributed by atoms with Gasteiger partial charge in [0.15, 0.2) is 0 Å². The third kappa shape index (κ3) is 4.17. The quantitative estimate of drug-likeness (QED) is 0.426. The van der Waals surface area contributed by atoms with Crippen LogP contribution in [0.2, 0.25) is 0 Å². The number of aromatic nitrogens is 1. The summed E-state index contributed by atoms with van der Waals surface area (Å²) in [5, 5.41) is 4.95. The Morgan fingerprint density at radius 1 is 0.903 bits per heavy atom. The standard InChI is InChI=1S/C27H28N2O2/c1-2-30-22-11-12-25-24(18-22)23-13-15-28-26(27(23)29-25)20-9-6-10-21(17-20)31-16-14-19-7-4-3-5-8-19/h3-12,17-18,26,28-29H,2,13-16H2,1H3. The van der Waals surface area contributed by atoms with Gasteiger partial charge in [0, 0.05) is 29.6 Å². The first-order valence-electron chi connectivity index (χ1n) is 11.1. The average Bonchev–Trinajstić information content (AvgIpc) is 3.18. The molecule has 4 nitrogen and oxygen atoms in total. The van der Waals surface area contributed by atoms with Crippen LogP contribution in [0.4, 0.5) is 0 Å². The van der Waals surface area contributed by atoms with Crippen LogP contribution >= 0.6 is 0 Å². The number of rotatable bonds is 7. The van der Waals surface area contributed by atoms with E-state index in [-0.39, 0.29) is 6.04 Å². The number of ether oxygens (including phenoxy) is 2. The molecule has 0 aliphatic carbocycles. The summed E-state index contributed by atoms with van der Waals surface area (Å²) in [6.45, 7) is 4.32. The number of fused-ring (bicyclic) bond motifs is 3. The molecule has 4 heteroatoms. The number of H-pyrrole nitrogens is 1. The highest BCUT2D eigenvalue weighted by molar-refractivity contribution is 5.86. The van der Waals surface area contributed by atoms with Crippen molar-refractivity contribution >= 4 is 10.9 Å². The molecule has 2 N–H and O–H groups in total. The SMILES string of the molecule is CCOc1ccc2[nH]c3c(c2c1)CCNC3c1cccc(OCCc2ccccc2)c1. The zero-order valence-electron chi connectivity index (χ0n) is 17.9. The molecule has 158 valence electrons. The van der Waals surface area contributed by atoms with Gasteiger partial charge in [-0.25, -0.2) is 0 Å². The molecule has 3 aromatic carbocycles. The van der Waals surface area contributed by atoms with E-state index in [2.05, 4.69) is 64.9 Å². The summed E-state index contributed by atoms with van der Waals surface area (Å²) in [5.41, 5.74) is 6.31. The van der Waals surface area contributed by atoms with Crippen molar-refractivity contribution in [3.05, 3.63) is 95.2 Å². The molecule has 1 aliphatic heterocycles. The predicted molar refractivity (Wildman–Crippen MR) is 125 cm³/mol. The van der Waals surface area contributed by atoms with Gasteiger partial charge in [-0.05, 0) is 60.4 Å². The van der Waals surface area contributed by atoms with Crippen molar-refractivity contribution in [2.75, 3.05) is 19.8 Å². The molecule has 5 rings (SSSR count). The van der Waals surface area contributed by atoms with Crippen molar-refractivity contribution < 1.29 is 9.47 Å². The van der Waals surface area contributed by atoms with Gasteiger partial charge < -0.3 is 19.8 Å². The Kier molecular flexibility index (Phi) is 5.63. The van der Waals surface area contributed by atoms with Crippen LogP contribution in [0.1, 0.15) is 35.3 Å². The maximum absolute atomic E-state index is 6.08. The fraction of sp³-hybridized carbons (Fsp3) is 0.259. The Morgan fingerprint density at radius 3 is 2.65 bits per heavy atom. The van der Waals surface area contributed by atoms with Crippen LogP contribution in [0.25, 0.3) is 10.9 Å². The summed E-state index contributed by atoms with van der Waals surface area (Å²) in [5.74, 6) is 1.85. The largest absolute Gasteiger partial charge is 0.494 e. The minimum Gasteiger partial charge on any atom is -0.494 e. The number of hydrogen-bond donors (Lipinski definition) is 2. The molecule has 0 saturated heterocycles. The van der Waals surface area contributed by atoms with Crippen LogP contribution < -0.4 is 14.8 Å². The van der Waals surface area contributed by atoms with E-state index >= 15 is 0 Å². The number of hydrogen-bond acceptors (Lipinski definition) is 3. The van der Waals surface area contributed by atoms with Crippen LogP contribution in [0.15, 0.2) is 72.8 Å². The Morgan fingerprint density at radius 2 is 1.77 bits per heavy atom. The van der Waals surface area contributed by atoms with Crippen molar-refractivity contribution in [1.29, 1.82) is 0 Å². The van der Waals surface area contributed by atoms with Crippen molar-refractivity contribution in [3.63, 3.8) is 0 Å². The molecular weight excluding hydrogens is 384 g/mol. The smallest absolute Gasteiger partial charge is 0.120 e. The molecule has 1 aromatic heterocycles. The average molecular weight is 413 g/mol. The summed E-state index contributed by atoms with van der Waals surface area (Å²) in [6, 6.07) is 25.4. The van der Waals surface area contributed by atoms with Crippen LogP contribution in [-0.4, -0.2) is 24.7 Å². The molecule has 0 saturated carbocycles. The molecule has 0 spiro atoms. The van der Waals surface area contributed by atoms with Gasteiger partial charge >= 0.3 is 0 Å². The van der Waals surface area contributed by atoms with E-state index in [0.717, 1.165) is 36.4 Å². The summed E-state index contributed by atoms with van der Waals surface area (Å²) < 4.78 is 11.8. The van der Waals surface area contributed by atoms with E-state index in [0.29, 0.717) is 13.2 Å². The maximum Gasteiger partial charge on any atom is 0.120 e. The third-order valence-electron chi connectivity index (χ3n) is 5.93. The van der Waals surface area contributed by atoms with E-state index in [1.54, 1.807) is 0 Å². The van der Waals surface area contributed by atoms with E-state index in [9.17, 15) is 0 Å². The minimum atomic E-state index is 0.129. The van der Waals surface area contributed by atoms with Crippen molar-refractivity contribution in [3.8, 4) is 11.5 Å². The van der Waals surface area contributed by atoms with Gasteiger partial charge in [0.2, 0.25) is 0 Å². The number of nitrogens with one attached hydrogen (secondary N) is 2. The van der Waals surface area contributed by atoms with Crippen LogP contribution in [0, 0.1) is 0 Å². The molecular formula is C27H28N2O2. The lowest BCUT2D eigenvalue weighted by Crippen LogP contribution is -2.30. The second-order valence-corrected chi connectivity index (χ2v) is 7.95. The lowest BCUT2D eigenvalue weighted by atomic mass is 9.94. The first-order chi connectivity index (χ1) is 15.3. The van der Waals surface area contributed by atoms with Crippen molar-refractivity contribution in [2.24, 2.45) is 0 Å². The lowest BCUT2D eigenvalue weighted by Gasteiger charge is -2.25. The minimum absolute atomic E-state index is 0.129. The molecule has 4 aromatic rings. The molecule has 0 fully saturated rings. The van der Waals surface area contributed by atoms with Crippen molar-refractivity contribution in [2.45, 2.75) is 25.8 Å². The normalized spacial score (nSPS) is 15.6. The van der Waals surface area contributed by atoms with Gasteiger partial charge in [-0.3, -0.25) is 0 Å². The van der Waals surface area contributed by atoms with E-state index in [1.807, 2.05) is 25.1 Å². The second kappa shape index (κ2) is 8.86. The highest BCUT2D eigenvalue weighted by atomic mass is 16.5. The monoisotopic (exact) mass is 412 g/mol. The highest BCUT2D eigenvalue weighted by Crippen LogP contribution is 2.35. The molecule has 1 unspecified atom stereocenters. The van der Waals surface area contributed by atoms with Crippen LogP contribution in [-0.2, 0) is 12.8 Å². The molecule has 2 heterocycles. The van der Waals surface area contributed by atoms with Crippen LogP contribution in [0.3, 0.4) is 0 Å². The Labute approximate surface area is 183 Å². The first-order valence-corrected chi connectivity index (χ1v) is 11.1. The Hall–Kier alpha value is -3.24. The number of aromatic amines is 1. The van der Waals surface area contributed by atoms with Crippen molar-refractivity contribution in [1.82, 2.24) is 10.3 Å². The zero-order chi connectivity index (χ0) is 21.0. The van der Waals surface area contributed by atoms with Gasteiger partial charge in [0.25, 0.3) is 0 Å². The van der Waals surface area contributed by atoms with Crippen LogP contribution in [0.5, 0.6) is 11.5 Å². The van der Waals surface area contributed by atoms with Gasteiger partial charge in [-0.15, -0.1) is 0 Å². The highest BCUT2D eigenvalue weighted by Gasteiger charge is 2.25. The number of benzene rings is 3. The van der Waals surface area contributed by atoms with Gasteiger partial charge in [0.05, 0.1) is 19.3 Å². The second-order valence-electron chi connectivity index (χ2n) is 7.95. The summed E-state index contributed by atoms with van der Waals surface area (Å²) >= 11 is 0. The molecule has 1 aliphatic rings. The first kappa shape index (κ1) is 19.7. The Bertz CT molecular complexity index is 1170. The lowest BCUT2D eigenvalue weighted by molar-refractivity contribution is 0.321. The van der Waals surface area contributed by atoms with Gasteiger partial charge in [0.1, 0.15) is 11.5 Å². The molecule has 0 bridgehead atoms. The van der Waals surface area contributed by atoms with E-state index < -0.39 is 0 Å². The molecule has 0 radical (unpaired) electrons. The zero-order valence-corrected chi connectivity index (χ0v) is 17.9. The summed E-state index contributed by atoms with van der Waals surface area (Å²) in [7, 11) is 0.